The van der Waals surface area contributed by atoms with Crippen LogP contribution in [0.1, 0.15) is 47.0 Å². The first kappa shape index (κ1) is 16.8. The van der Waals surface area contributed by atoms with Crippen molar-refractivity contribution in [3.05, 3.63) is 0 Å². The molecule has 2 heterocycles. The fourth-order valence-electron chi connectivity index (χ4n) is 3.74. The molecule has 2 aliphatic rings. The first-order chi connectivity index (χ1) is 9.88. The molecule has 0 radical (unpaired) electrons. The van der Waals surface area contributed by atoms with Gasteiger partial charge in [-0.05, 0) is 50.6 Å². The highest BCUT2D eigenvalue weighted by Gasteiger charge is 2.41. The molecule has 2 fully saturated rings. The fourth-order valence-corrected chi connectivity index (χ4v) is 3.74. The Bertz CT molecular complexity index is 356. The lowest BCUT2D eigenvalue weighted by atomic mass is 9.97. The minimum absolute atomic E-state index is 0.00932. The first-order valence-corrected chi connectivity index (χ1v) is 8.63. The van der Waals surface area contributed by atoms with E-state index < -0.39 is 0 Å². The molecule has 2 saturated heterocycles. The van der Waals surface area contributed by atoms with E-state index in [1.807, 2.05) is 0 Å². The average Bonchev–Trinajstić information content (AvgIpc) is 2.67. The molecular weight excluding hydrogens is 262 g/mol. The zero-order valence-corrected chi connectivity index (χ0v) is 14.4. The molecule has 0 saturated carbocycles. The topological polar surface area (TPSA) is 35.6 Å². The summed E-state index contributed by atoms with van der Waals surface area (Å²) in [5.74, 6) is 1.93. The molecule has 2 rings (SSSR count). The van der Waals surface area contributed by atoms with Crippen LogP contribution in [0.25, 0.3) is 0 Å². The Hall–Kier alpha value is -0.610. The highest BCUT2D eigenvalue weighted by molar-refractivity contribution is 5.84. The van der Waals surface area contributed by atoms with Gasteiger partial charge in [-0.25, -0.2) is 0 Å². The van der Waals surface area contributed by atoms with Crippen LogP contribution in [-0.4, -0.2) is 54.6 Å². The van der Waals surface area contributed by atoms with Crippen molar-refractivity contribution in [1.29, 1.82) is 0 Å². The van der Waals surface area contributed by atoms with E-state index >= 15 is 0 Å². The van der Waals surface area contributed by atoms with Crippen LogP contribution in [0.5, 0.6) is 0 Å². The molecule has 0 aromatic heterocycles. The molecule has 4 heteroatoms. The molecular formula is C17H33N3O. The third-order valence-electron chi connectivity index (χ3n) is 4.84. The van der Waals surface area contributed by atoms with Crippen LogP contribution in [0, 0.1) is 17.8 Å². The van der Waals surface area contributed by atoms with Gasteiger partial charge in [0.25, 0.3) is 0 Å². The highest BCUT2D eigenvalue weighted by atomic mass is 16.2. The predicted molar refractivity (Wildman–Crippen MR) is 86.9 cm³/mol. The Morgan fingerprint density at radius 1 is 1.29 bits per heavy atom. The SMILES string of the molecule is CC(C)CC1NC(C(C)C)C(=O)N1CC1CCCN(C)C1. The van der Waals surface area contributed by atoms with Crippen molar-refractivity contribution in [1.82, 2.24) is 15.1 Å². The molecule has 0 spiro atoms. The summed E-state index contributed by atoms with van der Waals surface area (Å²) in [6.07, 6.45) is 3.81. The Kier molecular flexibility index (Phi) is 5.67. The first-order valence-electron chi connectivity index (χ1n) is 8.63. The summed E-state index contributed by atoms with van der Waals surface area (Å²) in [7, 11) is 2.19. The Morgan fingerprint density at radius 2 is 2.00 bits per heavy atom. The summed E-state index contributed by atoms with van der Waals surface area (Å²) < 4.78 is 0. The number of carbonyl (C=O) groups is 1. The van der Waals surface area contributed by atoms with Gasteiger partial charge in [0.05, 0.1) is 12.2 Å². The second-order valence-electron chi connectivity index (χ2n) is 7.79. The van der Waals surface area contributed by atoms with Crippen LogP contribution in [0.15, 0.2) is 0 Å². The lowest BCUT2D eigenvalue weighted by molar-refractivity contribution is -0.131. The van der Waals surface area contributed by atoms with Gasteiger partial charge in [-0.1, -0.05) is 27.7 Å². The lowest BCUT2D eigenvalue weighted by Crippen LogP contribution is -2.44. The molecule has 122 valence electrons. The lowest BCUT2D eigenvalue weighted by Gasteiger charge is -2.34. The number of nitrogens with zero attached hydrogens (tertiary/aromatic N) is 2. The van der Waals surface area contributed by atoms with Gasteiger partial charge in [0.1, 0.15) is 0 Å². The molecule has 0 aromatic carbocycles. The zero-order chi connectivity index (χ0) is 15.6. The van der Waals surface area contributed by atoms with Crippen molar-refractivity contribution in [3.8, 4) is 0 Å². The molecule has 0 aromatic rings. The molecule has 1 N–H and O–H groups in total. The fraction of sp³-hybridized carbons (Fsp3) is 0.941. The number of hydrogen-bond acceptors (Lipinski definition) is 3. The third kappa shape index (κ3) is 4.19. The van der Waals surface area contributed by atoms with Gasteiger partial charge in [-0.3, -0.25) is 10.1 Å². The van der Waals surface area contributed by atoms with Crippen LogP contribution >= 0.6 is 0 Å². The predicted octanol–water partition coefficient (Wildman–Crippen LogP) is 2.16. The van der Waals surface area contributed by atoms with Gasteiger partial charge in [-0.2, -0.15) is 0 Å². The van der Waals surface area contributed by atoms with Gasteiger partial charge < -0.3 is 9.80 Å². The summed E-state index contributed by atoms with van der Waals surface area (Å²) >= 11 is 0. The molecule has 2 aliphatic heterocycles. The largest absolute Gasteiger partial charge is 0.325 e. The van der Waals surface area contributed by atoms with E-state index in [9.17, 15) is 4.79 Å². The monoisotopic (exact) mass is 295 g/mol. The van der Waals surface area contributed by atoms with E-state index in [0.717, 1.165) is 19.5 Å². The van der Waals surface area contributed by atoms with Crippen LogP contribution in [0.4, 0.5) is 0 Å². The molecule has 0 bridgehead atoms. The van der Waals surface area contributed by atoms with Crippen molar-refractivity contribution < 1.29 is 4.79 Å². The summed E-state index contributed by atoms with van der Waals surface area (Å²) in [4.78, 5) is 17.3. The zero-order valence-electron chi connectivity index (χ0n) is 14.4. The Morgan fingerprint density at radius 3 is 2.57 bits per heavy atom. The van der Waals surface area contributed by atoms with E-state index in [-0.39, 0.29) is 12.2 Å². The van der Waals surface area contributed by atoms with Crippen LogP contribution in [0.3, 0.4) is 0 Å². The van der Waals surface area contributed by atoms with Gasteiger partial charge in [0.2, 0.25) is 5.91 Å². The van der Waals surface area contributed by atoms with Crippen molar-refractivity contribution in [2.75, 3.05) is 26.7 Å². The average molecular weight is 295 g/mol. The Labute approximate surface area is 130 Å². The smallest absolute Gasteiger partial charge is 0.241 e. The highest BCUT2D eigenvalue weighted by Crippen LogP contribution is 2.25. The maximum atomic E-state index is 12.7. The molecule has 21 heavy (non-hydrogen) atoms. The van der Waals surface area contributed by atoms with Gasteiger partial charge in [0.15, 0.2) is 0 Å². The number of piperidine rings is 1. The summed E-state index contributed by atoms with van der Waals surface area (Å²) in [6, 6.07) is 0.00932. The van der Waals surface area contributed by atoms with Crippen molar-refractivity contribution in [2.24, 2.45) is 17.8 Å². The van der Waals surface area contributed by atoms with E-state index in [1.165, 1.54) is 19.4 Å². The second kappa shape index (κ2) is 7.10. The number of nitrogens with one attached hydrogen (secondary N) is 1. The maximum absolute atomic E-state index is 12.7. The number of hydrogen-bond donors (Lipinski definition) is 1. The quantitative estimate of drug-likeness (QED) is 0.844. The molecule has 0 aliphatic carbocycles. The van der Waals surface area contributed by atoms with E-state index in [0.29, 0.717) is 23.7 Å². The second-order valence-corrected chi connectivity index (χ2v) is 7.79. The van der Waals surface area contributed by atoms with Gasteiger partial charge in [0, 0.05) is 13.1 Å². The number of amides is 1. The van der Waals surface area contributed by atoms with Crippen molar-refractivity contribution in [3.63, 3.8) is 0 Å². The number of carbonyl (C=O) groups excluding carboxylic acids is 1. The molecule has 3 unspecified atom stereocenters. The summed E-state index contributed by atoms with van der Waals surface area (Å²) in [5, 5.41) is 3.59. The third-order valence-corrected chi connectivity index (χ3v) is 4.84. The van der Waals surface area contributed by atoms with Crippen LogP contribution in [-0.2, 0) is 4.79 Å². The molecule has 1 amide bonds. The minimum Gasteiger partial charge on any atom is -0.325 e. The van der Waals surface area contributed by atoms with E-state index in [4.69, 9.17) is 0 Å². The normalized spacial score (nSPS) is 31.7. The van der Waals surface area contributed by atoms with Gasteiger partial charge in [-0.15, -0.1) is 0 Å². The summed E-state index contributed by atoms with van der Waals surface area (Å²) in [6.45, 7) is 12.0. The molecule has 3 atom stereocenters. The van der Waals surface area contributed by atoms with Crippen molar-refractivity contribution in [2.45, 2.75) is 59.2 Å². The van der Waals surface area contributed by atoms with Crippen molar-refractivity contribution >= 4 is 5.91 Å². The summed E-state index contributed by atoms with van der Waals surface area (Å²) in [5.41, 5.74) is 0. The number of rotatable bonds is 5. The Balaban J connectivity index is 2.03. The molecule has 4 nitrogen and oxygen atoms in total. The van der Waals surface area contributed by atoms with E-state index in [2.05, 4.69) is 49.9 Å². The van der Waals surface area contributed by atoms with Crippen LogP contribution in [0.2, 0.25) is 0 Å². The minimum atomic E-state index is 0.00932. The standard InChI is InChI=1S/C17H33N3O/c1-12(2)9-15-18-16(13(3)4)17(21)20(15)11-14-7-6-8-19(5)10-14/h12-16,18H,6-11H2,1-5H3. The number of likely N-dealkylation sites (tertiary alicyclic amines) is 1. The van der Waals surface area contributed by atoms with Crippen LogP contribution < -0.4 is 5.32 Å². The van der Waals surface area contributed by atoms with Gasteiger partial charge >= 0.3 is 0 Å². The maximum Gasteiger partial charge on any atom is 0.241 e. The van der Waals surface area contributed by atoms with E-state index in [1.54, 1.807) is 0 Å².